The van der Waals surface area contributed by atoms with E-state index in [9.17, 15) is 15.0 Å². The van der Waals surface area contributed by atoms with Crippen molar-refractivity contribution in [3.8, 4) is 0 Å². The van der Waals surface area contributed by atoms with E-state index in [2.05, 4.69) is 14.8 Å². The van der Waals surface area contributed by atoms with Gasteiger partial charge >= 0.3 is 5.97 Å². The molecule has 0 aliphatic heterocycles. The van der Waals surface area contributed by atoms with Gasteiger partial charge in [-0.25, -0.2) is 4.79 Å². The van der Waals surface area contributed by atoms with E-state index in [1.54, 1.807) is 30.3 Å². The van der Waals surface area contributed by atoms with E-state index >= 15 is 0 Å². The van der Waals surface area contributed by atoms with Crippen molar-refractivity contribution < 1.29 is 19.7 Å². The Balaban J connectivity index is 2.72. The van der Waals surface area contributed by atoms with Crippen molar-refractivity contribution >= 4 is 12.0 Å². The first-order valence-electron chi connectivity index (χ1n) is 5.81. The van der Waals surface area contributed by atoms with E-state index < -0.39 is 18.2 Å². The van der Waals surface area contributed by atoms with Gasteiger partial charge in [0.05, 0.1) is 19.8 Å². The number of hydrogen-bond donors (Lipinski definition) is 2. The lowest BCUT2D eigenvalue weighted by molar-refractivity contribution is -0.134. The molecule has 1 aromatic carbocycles. The zero-order valence-corrected chi connectivity index (χ0v) is 10.9. The minimum Gasteiger partial charge on any atom is -0.466 e. The standard InChI is InChI=1S/C13H15N3O4/c1-20-12(18)7-4-9-2-5-10(6-3-9)13(19)11(17)8-15-16-14/h2-7,11,13,17,19H,8H2,1H3/b7-4+. The van der Waals surface area contributed by atoms with Gasteiger partial charge in [0.2, 0.25) is 0 Å². The zero-order valence-electron chi connectivity index (χ0n) is 10.9. The zero-order chi connectivity index (χ0) is 15.0. The fraction of sp³-hybridized carbons (Fsp3) is 0.308. The second-order valence-electron chi connectivity index (χ2n) is 3.95. The molecule has 0 aliphatic rings. The third-order valence-electron chi connectivity index (χ3n) is 2.59. The smallest absolute Gasteiger partial charge is 0.330 e. The molecule has 0 bridgehead atoms. The van der Waals surface area contributed by atoms with Gasteiger partial charge in [0.15, 0.2) is 0 Å². The number of methoxy groups -OCH3 is 1. The molecule has 0 saturated carbocycles. The van der Waals surface area contributed by atoms with Crippen molar-refractivity contribution in [1.82, 2.24) is 0 Å². The van der Waals surface area contributed by atoms with E-state index in [0.29, 0.717) is 5.56 Å². The molecule has 2 N–H and O–H groups in total. The maximum absolute atomic E-state index is 10.9. The van der Waals surface area contributed by atoms with E-state index in [1.807, 2.05) is 0 Å². The summed E-state index contributed by atoms with van der Waals surface area (Å²) in [6.45, 7) is -0.207. The first kappa shape index (κ1) is 15.7. The molecule has 7 nitrogen and oxygen atoms in total. The fourth-order valence-corrected chi connectivity index (χ4v) is 1.48. The summed E-state index contributed by atoms with van der Waals surface area (Å²) in [7, 11) is 1.29. The van der Waals surface area contributed by atoms with Gasteiger partial charge in [-0.2, -0.15) is 0 Å². The molecule has 0 aliphatic carbocycles. The van der Waals surface area contributed by atoms with Gasteiger partial charge in [-0.1, -0.05) is 29.4 Å². The number of carbonyl (C=O) groups is 1. The number of aliphatic hydroxyl groups is 2. The number of benzene rings is 1. The van der Waals surface area contributed by atoms with Crippen molar-refractivity contribution in [1.29, 1.82) is 0 Å². The predicted molar refractivity (Wildman–Crippen MR) is 72.5 cm³/mol. The van der Waals surface area contributed by atoms with Gasteiger partial charge in [-0.15, -0.1) is 0 Å². The SMILES string of the molecule is COC(=O)/C=C/c1ccc(C(O)C(O)CN=[N+]=[N-])cc1. The molecule has 0 fully saturated rings. The molecule has 2 atom stereocenters. The Bertz CT molecular complexity index is 521. The number of nitrogens with zero attached hydrogens (tertiary/aromatic N) is 3. The second-order valence-corrected chi connectivity index (χ2v) is 3.95. The quantitative estimate of drug-likeness (QED) is 0.270. The maximum atomic E-state index is 10.9. The molecule has 0 heterocycles. The first-order valence-corrected chi connectivity index (χ1v) is 5.81. The third-order valence-corrected chi connectivity index (χ3v) is 2.59. The summed E-state index contributed by atoms with van der Waals surface area (Å²) in [4.78, 5) is 13.4. The molecule has 20 heavy (non-hydrogen) atoms. The molecule has 0 saturated heterocycles. The van der Waals surface area contributed by atoms with E-state index in [0.717, 1.165) is 5.56 Å². The molecule has 1 aromatic rings. The molecule has 0 spiro atoms. The number of ether oxygens (including phenoxy) is 1. The number of rotatable bonds is 6. The van der Waals surface area contributed by atoms with Gasteiger partial charge in [0.1, 0.15) is 6.10 Å². The normalized spacial score (nSPS) is 13.6. The van der Waals surface area contributed by atoms with Crippen LogP contribution >= 0.6 is 0 Å². The van der Waals surface area contributed by atoms with Crippen molar-refractivity contribution in [3.05, 3.63) is 51.9 Å². The molecule has 2 unspecified atom stereocenters. The molecule has 7 heteroatoms. The monoisotopic (exact) mass is 277 g/mol. The lowest BCUT2D eigenvalue weighted by atomic mass is 10.0. The number of esters is 1. The Hall–Kier alpha value is -2.34. The summed E-state index contributed by atoms with van der Waals surface area (Å²) in [6.07, 6.45) is 0.543. The molecule has 106 valence electrons. The minimum atomic E-state index is -1.16. The number of carbonyl (C=O) groups excluding carboxylic acids is 1. The summed E-state index contributed by atoms with van der Waals surface area (Å²) in [5, 5.41) is 22.6. The number of hydrogen-bond acceptors (Lipinski definition) is 5. The highest BCUT2D eigenvalue weighted by molar-refractivity contribution is 5.86. The summed E-state index contributed by atoms with van der Waals surface area (Å²) < 4.78 is 4.46. The molecule has 1 rings (SSSR count). The van der Waals surface area contributed by atoms with Crippen LogP contribution in [0.3, 0.4) is 0 Å². The summed E-state index contributed by atoms with van der Waals surface area (Å²) in [6, 6.07) is 6.58. The molecular weight excluding hydrogens is 262 g/mol. The summed E-state index contributed by atoms with van der Waals surface area (Å²) in [5.74, 6) is -0.459. The molecule has 0 amide bonds. The second kappa shape index (κ2) is 7.96. The van der Waals surface area contributed by atoms with E-state index in [4.69, 9.17) is 5.53 Å². The third kappa shape index (κ3) is 4.74. The highest BCUT2D eigenvalue weighted by Crippen LogP contribution is 2.18. The van der Waals surface area contributed by atoms with Crippen molar-refractivity contribution in [2.45, 2.75) is 12.2 Å². The Kier molecular flexibility index (Phi) is 6.25. The van der Waals surface area contributed by atoms with Crippen molar-refractivity contribution in [2.75, 3.05) is 13.7 Å². The topological polar surface area (TPSA) is 116 Å². The van der Waals surface area contributed by atoms with Crippen LogP contribution in [0.5, 0.6) is 0 Å². The average molecular weight is 277 g/mol. The minimum absolute atomic E-state index is 0.207. The van der Waals surface area contributed by atoms with E-state index in [1.165, 1.54) is 13.2 Å². The van der Waals surface area contributed by atoms with Crippen LogP contribution < -0.4 is 0 Å². The average Bonchev–Trinajstić information content (AvgIpc) is 2.49. The predicted octanol–water partition coefficient (Wildman–Crippen LogP) is 1.58. The molecular formula is C13H15N3O4. The highest BCUT2D eigenvalue weighted by Gasteiger charge is 2.17. The van der Waals surface area contributed by atoms with Gasteiger partial charge in [-0.05, 0) is 22.7 Å². The summed E-state index contributed by atoms with van der Waals surface area (Å²) in [5.41, 5.74) is 9.38. The Labute approximate surface area is 115 Å². The lowest BCUT2D eigenvalue weighted by Gasteiger charge is -2.16. The molecule has 0 radical (unpaired) electrons. The van der Waals surface area contributed by atoms with Gasteiger partial charge in [0, 0.05) is 11.0 Å². The molecule has 0 aromatic heterocycles. The Morgan fingerprint density at radius 2 is 2.10 bits per heavy atom. The van der Waals surface area contributed by atoms with Crippen LogP contribution in [0, 0.1) is 0 Å². The van der Waals surface area contributed by atoms with Crippen LogP contribution in [0.25, 0.3) is 16.5 Å². The highest BCUT2D eigenvalue weighted by atomic mass is 16.5. The largest absolute Gasteiger partial charge is 0.466 e. The van der Waals surface area contributed by atoms with Crippen LogP contribution in [0.15, 0.2) is 35.5 Å². The number of aliphatic hydroxyl groups excluding tert-OH is 2. The van der Waals surface area contributed by atoms with Crippen LogP contribution in [0.1, 0.15) is 17.2 Å². The van der Waals surface area contributed by atoms with Crippen LogP contribution in [-0.4, -0.2) is 35.9 Å². The van der Waals surface area contributed by atoms with Gasteiger partial charge < -0.3 is 14.9 Å². The first-order chi connectivity index (χ1) is 9.58. The van der Waals surface area contributed by atoms with Crippen molar-refractivity contribution in [3.63, 3.8) is 0 Å². The maximum Gasteiger partial charge on any atom is 0.330 e. The Morgan fingerprint density at radius 1 is 1.45 bits per heavy atom. The van der Waals surface area contributed by atoms with Gasteiger partial charge in [0.25, 0.3) is 0 Å². The van der Waals surface area contributed by atoms with Crippen LogP contribution in [0.2, 0.25) is 0 Å². The van der Waals surface area contributed by atoms with Crippen LogP contribution in [0.4, 0.5) is 0 Å². The fourth-order valence-electron chi connectivity index (χ4n) is 1.48. The lowest BCUT2D eigenvalue weighted by Crippen LogP contribution is -2.21. The van der Waals surface area contributed by atoms with Gasteiger partial charge in [-0.3, -0.25) is 0 Å². The van der Waals surface area contributed by atoms with Crippen molar-refractivity contribution in [2.24, 2.45) is 5.11 Å². The van der Waals surface area contributed by atoms with Crippen LogP contribution in [-0.2, 0) is 9.53 Å². The summed E-state index contributed by atoms with van der Waals surface area (Å²) >= 11 is 0. The number of azide groups is 1. The van der Waals surface area contributed by atoms with E-state index in [-0.39, 0.29) is 6.54 Å². The Morgan fingerprint density at radius 3 is 2.65 bits per heavy atom.